The molecule has 8 heteroatoms. The van der Waals surface area contributed by atoms with Crippen molar-refractivity contribution >= 4 is 6.09 Å². The molecule has 30 heavy (non-hydrogen) atoms. The van der Waals surface area contributed by atoms with Crippen LogP contribution in [0.1, 0.15) is 12.5 Å². The number of piperazine rings is 1. The molecule has 0 bridgehead atoms. The van der Waals surface area contributed by atoms with Crippen LogP contribution >= 0.6 is 0 Å². The maximum atomic E-state index is 12.6. The maximum absolute atomic E-state index is 12.6. The lowest BCUT2D eigenvalue weighted by Gasteiger charge is -2.39. The number of rotatable bonds is 5. The molecule has 1 aliphatic heterocycles. The standard InChI is InChI=1S/C22H24F4N2O2/c1-16-14-28(21(29)30-20(13-23)22(24,25)26)12-11-27(16)15-17-7-9-19(10-8-17)18-5-3-2-4-6-18/h2-10,16,20H,11-15H2,1H3. The fourth-order valence-corrected chi connectivity index (χ4v) is 3.45. The van der Waals surface area contributed by atoms with Crippen LogP contribution < -0.4 is 0 Å². The molecular weight excluding hydrogens is 400 g/mol. The van der Waals surface area contributed by atoms with E-state index in [0.717, 1.165) is 16.7 Å². The first-order valence-corrected chi connectivity index (χ1v) is 9.74. The minimum atomic E-state index is -4.91. The molecule has 0 saturated carbocycles. The van der Waals surface area contributed by atoms with Gasteiger partial charge in [-0.25, -0.2) is 9.18 Å². The first-order chi connectivity index (χ1) is 14.3. The molecule has 1 heterocycles. The number of benzene rings is 2. The van der Waals surface area contributed by atoms with Crippen LogP contribution in [0.5, 0.6) is 0 Å². The lowest BCUT2D eigenvalue weighted by Crippen LogP contribution is -2.54. The second-order valence-electron chi connectivity index (χ2n) is 7.40. The van der Waals surface area contributed by atoms with Crippen LogP contribution in [0.4, 0.5) is 22.4 Å². The summed E-state index contributed by atoms with van der Waals surface area (Å²) in [6.45, 7) is 1.70. The molecule has 0 N–H and O–H groups in total. The molecule has 162 valence electrons. The van der Waals surface area contributed by atoms with E-state index in [1.54, 1.807) is 0 Å². The zero-order chi connectivity index (χ0) is 21.7. The van der Waals surface area contributed by atoms with Crippen LogP contribution in [-0.2, 0) is 11.3 Å². The van der Waals surface area contributed by atoms with Crippen LogP contribution in [0.15, 0.2) is 54.6 Å². The molecule has 2 aromatic rings. The minimum absolute atomic E-state index is 0.0742. The van der Waals surface area contributed by atoms with E-state index in [4.69, 9.17) is 0 Å². The highest BCUT2D eigenvalue weighted by molar-refractivity contribution is 5.68. The van der Waals surface area contributed by atoms with Gasteiger partial charge in [-0.05, 0) is 23.6 Å². The molecule has 0 spiro atoms. The maximum Gasteiger partial charge on any atom is 0.428 e. The predicted molar refractivity (Wildman–Crippen MR) is 106 cm³/mol. The summed E-state index contributed by atoms with van der Waals surface area (Å²) < 4.78 is 54.8. The van der Waals surface area contributed by atoms with Gasteiger partial charge in [0.15, 0.2) is 0 Å². The van der Waals surface area contributed by atoms with Gasteiger partial charge in [0.05, 0.1) is 0 Å². The summed E-state index contributed by atoms with van der Waals surface area (Å²) in [5.74, 6) is 0. The summed E-state index contributed by atoms with van der Waals surface area (Å²) in [7, 11) is 0. The van der Waals surface area contributed by atoms with Crippen molar-refractivity contribution in [3.8, 4) is 11.1 Å². The number of ether oxygens (including phenoxy) is 1. The number of hydrogen-bond donors (Lipinski definition) is 0. The zero-order valence-corrected chi connectivity index (χ0v) is 16.6. The van der Waals surface area contributed by atoms with Gasteiger partial charge in [-0.1, -0.05) is 54.6 Å². The molecule has 1 amide bonds. The van der Waals surface area contributed by atoms with Gasteiger partial charge in [-0.2, -0.15) is 13.2 Å². The third kappa shape index (κ3) is 5.50. The van der Waals surface area contributed by atoms with Gasteiger partial charge in [-0.3, -0.25) is 4.90 Å². The summed E-state index contributed by atoms with van der Waals surface area (Å²) in [4.78, 5) is 15.4. The van der Waals surface area contributed by atoms with Crippen molar-refractivity contribution in [1.82, 2.24) is 9.80 Å². The Morgan fingerprint density at radius 2 is 1.70 bits per heavy atom. The van der Waals surface area contributed by atoms with Crippen molar-refractivity contribution in [2.45, 2.75) is 31.8 Å². The van der Waals surface area contributed by atoms with E-state index in [2.05, 4.69) is 21.8 Å². The lowest BCUT2D eigenvalue weighted by molar-refractivity contribution is -0.209. The van der Waals surface area contributed by atoms with Gasteiger partial charge >= 0.3 is 12.3 Å². The van der Waals surface area contributed by atoms with E-state index in [0.29, 0.717) is 13.1 Å². The highest BCUT2D eigenvalue weighted by Gasteiger charge is 2.44. The summed E-state index contributed by atoms with van der Waals surface area (Å²) in [5, 5.41) is 0. The second kappa shape index (κ2) is 9.47. The Balaban J connectivity index is 1.55. The molecule has 0 aliphatic carbocycles. The van der Waals surface area contributed by atoms with Crippen LogP contribution in [0.2, 0.25) is 0 Å². The smallest absolute Gasteiger partial charge is 0.428 e. The molecule has 0 aromatic heterocycles. The molecule has 0 radical (unpaired) electrons. The van der Waals surface area contributed by atoms with Gasteiger partial charge in [-0.15, -0.1) is 0 Å². The largest absolute Gasteiger partial charge is 0.434 e. The van der Waals surface area contributed by atoms with E-state index in [-0.39, 0.29) is 19.1 Å². The Morgan fingerprint density at radius 3 is 2.27 bits per heavy atom. The van der Waals surface area contributed by atoms with Crippen molar-refractivity contribution in [3.05, 3.63) is 60.2 Å². The number of nitrogens with zero attached hydrogens (tertiary/aromatic N) is 2. The first kappa shape index (κ1) is 22.1. The number of amides is 1. The second-order valence-corrected chi connectivity index (χ2v) is 7.40. The van der Waals surface area contributed by atoms with E-state index in [1.165, 1.54) is 4.90 Å². The Morgan fingerprint density at radius 1 is 1.07 bits per heavy atom. The highest BCUT2D eigenvalue weighted by atomic mass is 19.4. The normalized spacial score (nSPS) is 18.8. The average Bonchev–Trinajstić information content (AvgIpc) is 2.73. The molecule has 4 nitrogen and oxygen atoms in total. The quantitative estimate of drug-likeness (QED) is 0.641. The van der Waals surface area contributed by atoms with Crippen molar-refractivity contribution < 1.29 is 27.1 Å². The van der Waals surface area contributed by atoms with E-state index < -0.39 is 25.0 Å². The number of carbonyl (C=O) groups excluding carboxylic acids is 1. The van der Waals surface area contributed by atoms with Crippen molar-refractivity contribution in [3.63, 3.8) is 0 Å². The van der Waals surface area contributed by atoms with E-state index in [1.807, 2.05) is 49.4 Å². The zero-order valence-electron chi connectivity index (χ0n) is 16.6. The van der Waals surface area contributed by atoms with Crippen molar-refractivity contribution in [2.75, 3.05) is 26.3 Å². The van der Waals surface area contributed by atoms with Crippen molar-refractivity contribution in [2.24, 2.45) is 0 Å². The molecular formula is C22H24F4N2O2. The van der Waals surface area contributed by atoms with E-state index >= 15 is 0 Å². The molecule has 2 aromatic carbocycles. The van der Waals surface area contributed by atoms with Gasteiger partial charge in [0.25, 0.3) is 0 Å². The average molecular weight is 424 g/mol. The SMILES string of the molecule is CC1CN(C(=O)OC(CF)C(F)(F)F)CCN1Cc1ccc(-c2ccccc2)cc1. The van der Waals surface area contributed by atoms with Gasteiger partial charge in [0.1, 0.15) is 6.67 Å². The topological polar surface area (TPSA) is 32.8 Å². The third-order valence-electron chi connectivity index (χ3n) is 5.22. The van der Waals surface area contributed by atoms with Crippen LogP contribution in [0.25, 0.3) is 11.1 Å². The number of halogens is 4. The monoisotopic (exact) mass is 424 g/mol. The molecule has 2 unspecified atom stereocenters. The summed E-state index contributed by atoms with van der Waals surface area (Å²) in [6, 6.07) is 18.2. The summed E-state index contributed by atoms with van der Waals surface area (Å²) >= 11 is 0. The number of alkyl halides is 4. The number of carbonyl (C=O) groups is 1. The first-order valence-electron chi connectivity index (χ1n) is 9.74. The molecule has 1 saturated heterocycles. The van der Waals surface area contributed by atoms with E-state index in [9.17, 15) is 22.4 Å². The Kier molecular flexibility index (Phi) is 6.97. The van der Waals surface area contributed by atoms with Gasteiger partial charge in [0, 0.05) is 32.2 Å². The fraction of sp³-hybridized carbons (Fsp3) is 0.409. The highest BCUT2D eigenvalue weighted by Crippen LogP contribution is 2.25. The molecule has 3 rings (SSSR count). The van der Waals surface area contributed by atoms with Crippen LogP contribution in [0.3, 0.4) is 0 Å². The lowest BCUT2D eigenvalue weighted by atomic mass is 10.0. The van der Waals surface area contributed by atoms with Gasteiger partial charge < -0.3 is 9.64 Å². The Hall–Kier alpha value is -2.61. The molecule has 1 fully saturated rings. The van der Waals surface area contributed by atoms with Crippen molar-refractivity contribution in [1.29, 1.82) is 0 Å². The van der Waals surface area contributed by atoms with Gasteiger partial charge in [0.2, 0.25) is 6.10 Å². The predicted octanol–water partition coefficient (Wildman–Crippen LogP) is 4.90. The van der Waals surface area contributed by atoms with Crippen LogP contribution in [-0.4, -0.2) is 60.5 Å². The fourth-order valence-electron chi connectivity index (χ4n) is 3.45. The third-order valence-corrected chi connectivity index (χ3v) is 5.22. The molecule has 1 aliphatic rings. The minimum Gasteiger partial charge on any atom is -0.434 e. The summed E-state index contributed by atoms with van der Waals surface area (Å²) in [5.41, 5.74) is 3.36. The van der Waals surface area contributed by atoms with Crippen LogP contribution in [0, 0.1) is 0 Å². The Labute approximate surface area is 173 Å². The number of hydrogen-bond acceptors (Lipinski definition) is 3. The molecule has 2 atom stereocenters. The summed E-state index contributed by atoms with van der Waals surface area (Å²) in [6.07, 6.45) is -8.76. The Bertz CT molecular complexity index is 827.